The highest BCUT2D eigenvalue weighted by molar-refractivity contribution is 6.26. The van der Waals surface area contributed by atoms with Gasteiger partial charge >= 0.3 is 0 Å². The zero-order valence-electron chi connectivity index (χ0n) is 29.8. The van der Waals surface area contributed by atoms with Gasteiger partial charge in [-0.1, -0.05) is 147 Å². The molecule has 1 aromatic heterocycles. The zero-order valence-corrected chi connectivity index (χ0v) is 29.8. The Hall–Kier alpha value is -6.32. The third kappa shape index (κ3) is 4.47. The minimum Gasteiger partial charge on any atom is -0.455 e. The van der Waals surface area contributed by atoms with Gasteiger partial charge in [0.2, 0.25) is 0 Å². The van der Waals surface area contributed by atoms with Crippen LogP contribution in [0.1, 0.15) is 49.9 Å². The first-order chi connectivity index (χ1) is 26.2. The second-order valence-corrected chi connectivity index (χ2v) is 14.7. The van der Waals surface area contributed by atoms with Crippen LogP contribution in [0, 0.1) is 0 Å². The van der Waals surface area contributed by atoms with E-state index in [-0.39, 0.29) is 12.1 Å². The molecule has 11 rings (SSSR count). The van der Waals surface area contributed by atoms with Crippen molar-refractivity contribution in [3.63, 3.8) is 0 Å². The molecule has 0 saturated carbocycles. The first-order valence-electron chi connectivity index (χ1n) is 19.0. The lowest BCUT2D eigenvalue weighted by atomic mass is 9.93. The van der Waals surface area contributed by atoms with Crippen LogP contribution in [0.2, 0.25) is 0 Å². The van der Waals surface area contributed by atoms with Crippen LogP contribution in [0.4, 0.5) is 11.4 Å². The Morgan fingerprint density at radius 1 is 0.377 bits per heavy atom. The standard InChI is InChI=1S/C50H38N2O/c1-3-41(51-43-27-23-33-19-17-29-9-5-11-31-21-25-37(43)47(33)45(29)31)39-15-7-13-35-36-14-8-16-40(50(36)53-49(35)39)42(4-2)52-44-28-24-34-20-18-30-10-6-12-32-22-26-38(44)48(34)46(30)32/h5-28,41-42,51-52H,3-4H2,1-2H3/t41-,42-/m0/s1. The second-order valence-electron chi connectivity index (χ2n) is 14.7. The molecule has 0 unspecified atom stereocenters. The van der Waals surface area contributed by atoms with Crippen molar-refractivity contribution >= 4 is 97.9 Å². The van der Waals surface area contributed by atoms with Crippen molar-refractivity contribution in [1.82, 2.24) is 0 Å². The van der Waals surface area contributed by atoms with E-state index in [4.69, 9.17) is 4.42 Å². The Kier molecular flexibility index (Phi) is 6.63. The van der Waals surface area contributed by atoms with Crippen molar-refractivity contribution in [3.05, 3.63) is 157 Å². The summed E-state index contributed by atoms with van der Waals surface area (Å²) < 4.78 is 7.04. The zero-order chi connectivity index (χ0) is 35.2. The van der Waals surface area contributed by atoms with Crippen molar-refractivity contribution in [2.24, 2.45) is 0 Å². The number of para-hydroxylation sites is 2. The monoisotopic (exact) mass is 682 g/mol. The maximum absolute atomic E-state index is 7.04. The molecule has 10 aromatic carbocycles. The first kappa shape index (κ1) is 30.3. The summed E-state index contributed by atoms with van der Waals surface area (Å²) in [6, 6.07) is 53.7. The smallest absolute Gasteiger partial charge is 0.140 e. The average Bonchev–Trinajstić information content (AvgIpc) is 3.60. The fraction of sp³-hybridized carbons (Fsp3) is 0.120. The Morgan fingerprint density at radius 2 is 0.736 bits per heavy atom. The molecule has 3 nitrogen and oxygen atoms in total. The first-order valence-corrected chi connectivity index (χ1v) is 19.0. The fourth-order valence-electron chi connectivity index (χ4n) is 9.31. The van der Waals surface area contributed by atoms with Crippen molar-refractivity contribution in [2.45, 2.75) is 38.8 Å². The molecule has 0 spiro atoms. The Bertz CT molecular complexity index is 2930. The van der Waals surface area contributed by atoms with Crippen LogP contribution in [0.5, 0.6) is 0 Å². The van der Waals surface area contributed by atoms with E-state index in [2.05, 4.69) is 170 Å². The quantitative estimate of drug-likeness (QED) is 0.157. The molecule has 53 heavy (non-hydrogen) atoms. The van der Waals surface area contributed by atoms with Gasteiger partial charge in [0.15, 0.2) is 0 Å². The lowest BCUT2D eigenvalue weighted by Gasteiger charge is -2.22. The van der Waals surface area contributed by atoms with Crippen LogP contribution < -0.4 is 10.6 Å². The van der Waals surface area contributed by atoms with Gasteiger partial charge in [0, 0.05) is 44.0 Å². The second kappa shape index (κ2) is 11.6. The summed E-state index contributed by atoms with van der Waals surface area (Å²) in [6.07, 6.45) is 1.83. The molecule has 0 aliphatic heterocycles. The maximum Gasteiger partial charge on any atom is 0.140 e. The predicted molar refractivity (Wildman–Crippen MR) is 227 cm³/mol. The molecule has 0 bridgehead atoms. The van der Waals surface area contributed by atoms with Gasteiger partial charge in [0.05, 0.1) is 12.1 Å². The minimum absolute atomic E-state index is 0.0680. The number of fused-ring (bicyclic) bond motifs is 3. The van der Waals surface area contributed by atoms with E-state index in [0.717, 1.165) is 46.2 Å². The van der Waals surface area contributed by atoms with Crippen LogP contribution in [0.3, 0.4) is 0 Å². The van der Waals surface area contributed by atoms with Gasteiger partial charge in [-0.3, -0.25) is 0 Å². The van der Waals surface area contributed by atoms with Crippen molar-refractivity contribution in [2.75, 3.05) is 10.6 Å². The number of benzene rings is 10. The van der Waals surface area contributed by atoms with Crippen molar-refractivity contribution < 1.29 is 4.42 Å². The van der Waals surface area contributed by atoms with Crippen LogP contribution >= 0.6 is 0 Å². The lowest BCUT2D eigenvalue weighted by molar-refractivity contribution is 0.634. The summed E-state index contributed by atoms with van der Waals surface area (Å²) >= 11 is 0. The minimum atomic E-state index is 0.0680. The number of hydrogen-bond acceptors (Lipinski definition) is 3. The molecule has 1 heterocycles. The van der Waals surface area contributed by atoms with Gasteiger partial charge in [0.1, 0.15) is 11.2 Å². The van der Waals surface area contributed by atoms with Gasteiger partial charge in [-0.05, 0) is 78.8 Å². The maximum atomic E-state index is 7.04. The third-order valence-electron chi connectivity index (χ3n) is 11.9. The summed E-state index contributed by atoms with van der Waals surface area (Å²) in [6.45, 7) is 4.52. The number of hydrogen-bond donors (Lipinski definition) is 2. The lowest BCUT2D eigenvalue weighted by Crippen LogP contribution is -2.10. The fourth-order valence-corrected chi connectivity index (χ4v) is 9.31. The average molecular weight is 683 g/mol. The highest BCUT2D eigenvalue weighted by Gasteiger charge is 2.23. The van der Waals surface area contributed by atoms with Crippen LogP contribution in [0.25, 0.3) is 86.6 Å². The molecule has 0 amide bonds. The number of nitrogens with one attached hydrogen (secondary N) is 2. The Balaban J connectivity index is 1.00. The Labute approximate surface area is 307 Å². The summed E-state index contributed by atoms with van der Waals surface area (Å²) in [5.74, 6) is 0. The summed E-state index contributed by atoms with van der Waals surface area (Å²) in [7, 11) is 0. The van der Waals surface area contributed by atoms with Crippen LogP contribution in [-0.2, 0) is 0 Å². The predicted octanol–water partition coefficient (Wildman–Crippen LogP) is 14.5. The van der Waals surface area contributed by atoms with E-state index >= 15 is 0 Å². The van der Waals surface area contributed by atoms with E-state index < -0.39 is 0 Å². The molecule has 2 atom stereocenters. The van der Waals surface area contributed by atoms with E-state index in [1.807, 2.05) is 0 Å². The number of furan rings is 1. The number of rotatable bonds is 8. The van der Waals surface area contributed by atoms with E-state index in [1.165, 1.54) is 75.8 Å². The molecule has 0 radical (unpaired) electrons. The highest BCUT2D eigenvalue weighted by Crippen LogP contribution is 2.43. The van der Waals surface area contributed by atoms with Crippen molar-refractivity contribution in [3.8, 4) is 0 Å². The molecule has 11 aromatic rings. The molecular weight excluding hydrogens is 645 g/mol. The highest BCUT2D eigenvalue weighted by atomic mass is 16.3. The van der Waals surface area contributed by atoms with E-state index in [1.54, 1.807) is 0 Å². The van der Waals surface area contributed by atoms with Gasteiger partial charge in [-0.25, -0.2) is 0 Å². The summed E-state index contributed by atoms with van der Waals surface area (Å²) in [5, 5.41) is 25.8. The molecule has 2 N–H and O–H groups in total. The van der Waals surface area contributed by atoms with E-state index in [9.17, 15) is 0 Å². The number of anilines is 2. The largest absolute Gasteiger partial charge is 0.455 e. The van der Waals surface area contributed by atoms with Crippen LogP contribution in [-0.4, -0.2) is 0 Å². The molecule has 0 saturated heterocycles. The normalized spacial score (nSPS) is 13.5. The van der Waals surface area contributed by atoms with Gasteiger partial charge in [-0.2, -0.15) is 0 Å². The molecule has 0 aliphatic rings. The van der Waals surface area contributed by atoms with Gasteiger partial charge in [0.25, 0.3) is 0 Å². The molecule has 254 valence electrons. The van der Waals surface area contributed by atoms with Gasteiger partial charge in [-0.15, -0.1) is 0 Å². The molecule has 0 aliphatic carbocycles. The topological polar surface area (TPSA) is 37.2 Å². The van der Waals surface area contributed by atoms with E-state index in [0.29, 0.717) is 0 Å². The summed E-state index contributed by atoms with van der Waals surface area (Å²) in [4.78, 5) is 0. The molecule has 0 fully saturated rings. The summed E-state index contributed by atoms with van der Waals surface area (Å²) in [5.41, 5.74) is 6.60. The van der Waals surface area contributed by atoms with Crippen LogP contribution in [0.15, 0.2) is 150 Å². The molecule has 3 heteroatoms. The van der Waals surface area contributed by atoms with Crippen molar-refractivity contribution in [1.29, 1.82) is 0 Å². The Morgan fingerprint density at radius 3 is 1.15 bits per heavy atom. The van der Waals surface area contributed by atoms with Gasteiger partial charge < -0.3 is 15.1 Å². The third-order valence-corrected chi connectivity index (χ3v) is 11.9. The molecular formula is C50H38N2O. The SMILES string of the molecule is CC[C@H](Nc1ccc2ccc3cccc4ccc1c2c34)c1cccc2c1oc1c([C@H](CC)Nc3ccc4ccc5cccc6ccc3c4c56)cccc12.